The van der Waals surface area contributed by atoms with Crippen LogP contribution in [0.1, 0.15) is 90.5 Å². The Morgan fingerprint density at radius 3 is 2.39 bits per heavy atom. The molecule has 3 aromatic carbocycles. The van der Waals surface area contributed by atoms with Crippen molar-refractivity contribution in [3.8, 4) is 0 Å². The van der Waals surface area contributed by atoms with Crippen molar-refractivity contribution in [1.82, 2.24) is 4.90 Å². The van der Waals surface area contributed by atoms with Crippen LogP contribution in [0, 0.1) is 18.2 Å². The zero-order chi connectivity index (χ0) is 28.6. The van der Waals surface area contributed by atoms with Crippen molar-refractivity contribution in [1.29, 1.82) is 0 Å². The van der Waals surface area contributed by atoms with E-state index in [9.17, 15) is 9.59 Å². The Labute approximate surface area is 242 Å². The van der Waals surface area contributed by atoms with Crippen molar-refractivity contribution in [2.24, 2.45) is 5.41 Å². The third-order valence-corrected chi connectivity index (χ3v) is 9.53. The maximum Gasteiger partial charge on any atom is 0.257 e. The summed E-state index contributed by atoms with van der Waals surface area (Å²) in [5.74, 6) is -1.01. The first-order valence-corrected chi connectivity index (χ1v) is 15.2. The van der Waals surface area contributed by atoms with Gasteiger partial charge in [-0.25, -0.2) is 4.39 Å². The second-order valence-electron chi connectivity index (χ2n) is 12.4. The predicted octanol–water partition coefficient (Wildman–Crippen LogP) is 7.60. The summed E-state index contributed by atoms with van der Waals surface area (Å²) < 4.78 is 15.0. The van der Waals surface area contributed by atoms with Crippen LogP contribution in [0.2, 0.25) is 0 Å². The van der Waals surface area contributed by atoms with Gasteiger partial charge in [-0.3, -0.25) is 9.59 Å². The maximum absolute atomic E-state index is 15.0. The van der Waals surface area contributed by atoms with Gasteiger partial charge in [0.2, 0.25) is 5.91 Å². The molecule has 1 saturated carbocycles. The van der Waals surface area contributed by atoms with Gasteiger partial charge in [-0.2, -0.15) is 0 Å². The van der Waals surface area contributed by atoms with Gasteiger partial charge >= 0.3 is 0 Å². The monoisotopic (exact) mass is 553 g/mol. The summed E-state index contributed by atoms with van der Waals surface area (Å²) in [5, 5.41) is 6.83. The molecule has 0 bridgehead atoms. The highest BCUT2D eigenvalue weighted by Gasteiger charge is 2.49. The molecule has 5 nitrogen and oxygen atoms in total. The molecular weight excluding hydrogens is 513 g/mol. The Morgan fingerprint density at radius 1 is 0.902 bits per heavy atom. The molecule has 0 aromatic heterocycles. The van der Waals surface area contributed by atoms with Crippen molar-refractivity contribution >= 4 is 23.2 Å². The van der Waals surface area contributed by atoms with Crippen LogP contribution >= 0.6 is 0 Å². The van der Waals surface area contributed by atoms with E-state index in [1.807, 2.05) is 25.1 Å². The van der Waals surface area contributed by atoms with Gasteiger partial charge < -0.3 is 15.5 Å². The first-order chi connectivity index (χ1) is 19.8. The highest BCUT2D eigenvalue weighted by Crippen LogP contribution is 2.47. The molecule has 2 unspecified atom stereocenters. The molecule has 41 heavy (non-hydrogen) atoms. The van der Waals surface area contributed by atoms with Crippen molar-refractivity contribution < 1.29 is 14.0 Å². The van der Waals surface area contributed by atoms with Gasteiger partial charge in [-0.15, -0.1) is 0 Å². The molecular formula is C35H40FN3O2. The van der Waals surface area contributed by atoms with Crippen molar-refractivity contribution in [3.63, 3.8) is 0 Å². The van der Waals surface area contributed by atoms with E-state index in [0.29, 0.717) is 31.0 Å². The molecule has 1 heterocycles. The van der Waals surface area contributed by atoms with E-state index in [-0.39, 0.29) is 17.4 Å². The third-order valence-electron chi connectivity index (χ3n) is 9.53. The number of carbonyl (C=O) groups is 2. The summed E-state index contributed by atoms with van der Waals surface area (Å²) in [6.45, 7) is 4.18. The van der Waals surface area contributed by atoms with E-state index in [4.69, 9.17) is 0 Å². The number of carbonyl (C=O) groups excluding carboxylic acids is 2. The van der Waals surface area contributed by atoms with Crippen LogP contribution in [0.15, 0.2) is 60.7 Å². The fourth-order valence-corrected chi connectivity index (χ4v) is 7.27. The third kappa shape index (κ3) is 5.37. The zero-order valence-electron chi connectivity index (χ0n) is 24.1. The molecule has 1 saturated heterocycles. The Hall–Kier alpha value is -3.67. The fraction of sp³-hybridized carbons (Fsp3) is 0.429. The maximum atomic E-state index is 15.0. The second kappa shape index (κ2) is 11.3. The normalized spacial score (nSPS) is 22.4. The van der Waals surface area contributed by atoms with E-state index in [1.165, 1.54) is 42.9 Å². The quantitative estimate of drug-likeness (QED) is 0.330. The number of aryl methyl sites for hydroxylation is 3. The molecule has 2 aliphatic carbocycles. The van der Waals surface area contributed by atoms with Gasteiger partial charge in [0.25, 0.3) is 5.91 Å². The number of rotatable bonds is 6. The van der Waals surface area contributed by atoms with Crippen molar-refractivity contribution in [2.75, 3.05) is 17.2 Å². The standard InChI is InChI=1S/C35H40FN3O2/c1-23-8-5-13-30(36)31(23)33(40)39-21-7-20-35(2,34(41)38-29-19-14-24-9-6-10-26(24)22-29)32(39)25-15-17-28(18-16-25)37-27-11-3-4-12-27/h5,8,13-19,22,27,32,37H,3-4,6-7,9-12,20-21H2,1-2H3,(H,38,41). The number of nitrogens with one attached hydrogen (secondary N) is 2. The van der Waals surface area contributed by atoms with Crippen LogP contribution in [0.4, 0.5) is 15.8 Å². The minimum Gasteiger partial charge on any atom is -0.382 e. The minimum atomic E-state index is -0.910. The SMILES string of the molecule is Cc1cccc(F)c1C(=O)N1CCCC(C)(C(=O)Nc2ccc3c(c2)CCC3)C1c1ccc(NC2CCCC2)cc1. The molecule has 1 aliphatic heterocycles. The topological polar surface area (TPSA) is 61.4 Å². The molecule has 0 spiro atoms. The number of amides is 2. The van der Waals surface area contributed by atoms with Gasteiger partial charge in [-0.05, 0) is 111 Å². The molecule has 0 radical (unpaired) electrons. The van der Waals surface area contributed by atoms with E-state index in [1.54, 1.807) is 24.0 Å². The van der Waals surface area contributed by atoms with Crippen LogP contribution in [0.3, 0.4) is 0 Å². The number of fused-ring (bicyclic) bond motifs is 1. The second-order valence-corrected chi connectivity index (χ2v) is 12.4. The highest BCUT2D eigenvalue weighted by atomic mass is 19.1. The molecule has 6 heteroatoms. The average molecular weight is 554 g/mol. The first kappa shape index (κ1) is 27.5. The zero-order valence-corrected chi connectivity index (χ0v) is 24.1. The number of hydrogen-bond donors (Lipinski definition) is 2. The summed E-state index contributed by atoms with van der Waals surface area (Å²) in [5.41, 5.74) is 5.14. The summed E-state index contributed by atoms with van der Waals surface area (Å²) in [6, 6.07) is 19.0. The Morgan fingerprint density at radius 2 is 1.63 bits per heavy atom. The van der Waals surface area contributed by atoms with Gasteiger partial charge in [0.15, 0.2) is 0 Å². The molecule has 2 atom stereocenters. The van der Waals surface area contributed by atoms with E-state index in [2.05, 4.69) is 34.9 Å². The lowest BCUT2D eigenvalue weighted by Crippen LogP contribution is -2.52. The van der Waals surface area contributed by atoms with Crippen LogP contribution in [0.5, 0.6) is 0 Å². The van der Waals surface area contributed by atoms with E-state index < -0.39 is 17.3 Å². The number of benzene rings is 3. The predicted molar refractivity (Wildman–Crippen MR) is 162 cm³/mol. The first-order valence-electron chi connectivity index (χ1n) is 15.2. The average Bonchev–Trinajstić information content (AvgIpc) is 3.65. The summed E-state index contributed by atoms with van der Waals surface area (Å²) in [4.78, 5) is 30.0. The number of nitrogens with zero attached hydrogens (tertiary/aromatic N) is 1. The number of anilines is 2. The van der Waals surface area contributed by atoms with Crippen molar-refractivity contribution in [3.05, 3.63) is 94.3 Å². The van der Waals surface area contributed by atoms with E-state index in [0.717, 1.165) is 36.2 Å². The summed E-state index contributed by atoms with van der Waals surface area (Å²) in [7, 11) is 0. The number of piperidine rings is 1. The molecule has 2 fully saturated rings. The molecule has 6 rings (SSSR count). The molecule has 2 N–H and O–H groups in total. The minimum absolute atomic E-state index is 0.0836. The van der Waals surface area contributed by atoms with Crippen molar-refractivity contribution in [2.45, 2.75) is 83.7 Å². The van der Waals surface area contributed by atoms with Crippen LogP contribution in [0.25, 0.3) is 0 Å². The lowest BCUT2D eigenvalue weighted by Gasteiger charge is -2.47. The van der Waals surface area contributed by atoms with Crippen LogP contribution in [-0.2, 0) is 17.6 Å². The van der Waals surface area contributed by atoms with Crippen LogP contribution < -0.4 is 10.6 Å². The lowest BCUT2D eigenvalue weighted by molar-refractivity contribution is -0.130. The summed E-state index contributed by atoms with van der Waals surface area (Å²) >= 11 is 0. The number of halogens is 1. The summed E-state index contributed by atoms with van der Waals surface area (Å²) in [6.07, 6.45) is 9.40. The molecule has 3 aromatic rings. The highest BCUT2D eigenvalue weighted by molar-refractivity contribution is 5.99. The smallest absolute Gasteiger partial charge is 0.257 e. The fourth-order valence-electron chi connectivity index (χ4n) is 7.27. The molecule has 3 aliphatic rings. The Balaban J connectivity index is 1.35. The number of likely N-dealkylation sites (tertiary alicyclic amines) is 1. The Bertz CT molecular complexity index is 1430. The Kier molecular flexibility index (Phi) is 7.58. The van der Waals surface area contributed by atoms with Gasteiger partial charge in [0.05, 0.1) is 17.0 Å². The molecule has 214 valence electrons. The molecule has 2 amide bonds. The van der Waals surface area contributed by atoms with Crippen LogP contribution in [-0.4, -0.2) is 29.3 Å². The largest absolute Gasteiger partial charge is 0.382 e. The van der Waals surface area contributed by atoms with E-state index >= 15 is 4.39 Å². The lowest BCUT2D eigenvalue weighted by atomic mass is 9.70. The van der Waals surface area contributed by atoms with Gasteiger partial charge in [0, 0.05) is 24.0 Å². The number of hydrogen-bond acceptors (Lipinski definition) is 3. The van der Waals surface area contributed by atoms with Gasteiger partial charge in [-0.1, -0.05) is 43.2 Å². The van der Waals surface area contributed by atoms with Gasteiger partial charge in [0.1, 0.15) is 5.82 Å².